The zero-order chi connectivity index (χ0) is 13.4. The van der Waals surface area contributed by atoms with E-state index in [4.69, 9.17) is 0 Å². The van der Waals surface area contributed by atoms with Crippen molar-refractivity contribution in [2.24, 2.45) is 0 Å². The van der Waals surface area contributed by atoms with E-state index in [-0.39, 0.29) is 43.5 Å². The van der Waals surface area contributed by atoms with Crippen molar-refractivity contribution in [2.75, 3.05) is 0 Å². The molecule has 11 heteroatoms. The molecule has 0 aromatic rings. The minimum absolute atomic E-state index is 0. The summed E-state index contributed by atoms with van der Waals surface area (Å²) in [6, 6.07) is 0. The van der Waals surface area contributed by atoms with Crippen LogP contribution >= 0.6 is 0 Å². The Kier molecular flexibility index (Phi) is 14.4. The van der Waals surface area contributed by atoms with Crippen LogP contribution in [-0.2, 0) is 61.2 Å². The number of hydrogen-bond acceptors (Lipinski definition) is 8. The van der Waals surface area contributed by atoms with Gasteiger partial charge in [-0.1, -0.05) is 0 Å². The van der Waals surface area contributed by atoms with Gasteiger partial charge in [0, 0.05) is 0 Å². The molecule has 0 saturated heterocycles. The molecule has 0 aromatic heterocycles. The molecule has 2 heterocycles. The van der Waals surface area contributed by atoms with Gasteiger partial charge in [-0.25, -0.2) is 0 Å². The summed E-state index contributed by atoms with van der Waals surface area (Å²) < 4.78 is 0. The van der Waals surface area contributed by atoms with Crippen LogP contribution in [0.1, 0.15) is 0 Å². The summed E-state index contributed by atoms with van der Waals surface area (Å²) in [4.78, 5) is 36.5. The van der Waals surface area contributed by atoms with Gasteiger partial charge >= 0.3 is 21.1 Å². The van der Waals surface area contributed by atoms with Gasteiger partial charge in [-0.05, 0) is 24.3 Å². The molecule has 0 atom stereocenters. The first-order valence-corrected chi connectivity index (χ1v) is 4.44. The van der Waals surface area contributed by atoms with Gasteiger partial charge in [0.25, 0.3) is 0 Å². The molecule has 0 bridgehead atoms. The predicted molar refractivity (Wildman–Crippen MR) is 50.2 cm³/mol. The molecule has 0 spiro atoms. The van der Waals surface area contributed by atoms with Crippen molar-refractivity contribution >= 4 is 11.9 Å². The van der Waals surface area contributed by atoms with E-state index in [0.717, 1.165) is 0 Å². The quantitative estimate of drug-likeness (QED) is 0.387. The normalized spacial score (nSPS) is 13.1. The first-order chi connectivity index (χ1) is 8.61. The van der Waals surface area contributed by atoms with Gasteiger partial charge in [-0.15, -0.1) is 0 Å². The Balaban J connectivity index is -0.000000270. The number of carbonyl (C=O) groups excluding carboxylic acids is 2. The van der Waals surface area contributed by atoms with E-state index in [9.17, 15) is 19.8 Å². The molecule has 0 aromatic carbocycles. The number of carboxylic acid groups (broad SMARTS) is 2. The summed E-state index contributed by atoms with van der Waals surface area (Å²) in [5.74, 6) is -3.42. The van der Waals surface area contributed by atoms with Crippen molar-refractivity contribution in [1.29, 1.82) is 0 Å². The van der Waals surface area contributed by atoms with Crippen LogP contribution < -0.4 is 10.2 Å². The average molecular weight is 382 g/mol. The van der Waals surface area contributed by atoms with Crippen molar-refractivity contribution in [3.63, 3.8) is 0 Å². The Bertz CT molecular complexity index is 409. The summed E-state index contributed by atoms with van der Waals surface area (Å²) in [6.07, 6.45) is 7.69. The van der Waals surface area contributed by atoms with Gasteiger partial charge in [-0.2, -0.15) is 0 Å². The number of rotatable bonds is 2. The van der Waals surface area contributed by atoms with E-state index < -0.39 is 11.9 Å². The summed E-state index contributed by atoms with van der Waals surface area (Å²) in [7, 11) is 0. The van der Waals surface area contributed by atoms with E-state index in [1.165, 1.54) is 36.8 Å². The van der Waals surface area contributed by atoms with Gasteiger partial charge in [0.05, 0.1) is 0 Å². The monoisotopic (exact) mass is 384 g/mol. The van der Waals surface area contributed by atoms with Crippen molar-refractivity contribution in [3.8, 4) is 0 Å². The Morgan fingerprint density at radius 1 is 0.810 bits per heavy atom. The minimum atomic E-state index is -1.39. The van der Waals surface area contributed by atoms with Gasteiger partial charge in [0.15, 0.2) is 0 Å². The van der Waals surface area contributed by atoms with Crippen LogP contribution in [0.4, 0.5) is 0 Å². The number of hydrogen-bond donors (Lipinski definition) is 0. The second-order valence-electron chi connectivity index (χ2n) is 2.65. The fourth-order valence-corrected chi connectivity index (χ4v) is 0.736. The summed E-state index contributed by atoms with van der Waals surface area (Å²) >= 11 is 0. The average Bonchev–Trinajstić information content (AvgIpc) is 2.41. The van der Waals surface area contributed by atoms with E-state index in [1.807, 2.05) is 0 Å². The standard InChI is InChI=1S/2C5H4O4.Mo.2O/c2*6-5(7)4-2-1-3-8-9-4;;;/h2*1-3H,(H,6,7);;;/q;;+6;2*-2/p-2. The summed E-state index contributed by atoms with van der Waals surface area (Å²) in [6.45, 7) is 0. The van der Waals surface area contributed by atoms with E-state index in [0.29, 0.717) is 0 Å². The van der Waals surface area contributed by atoms with Crippen molar-refractivity contribution in [2.45, 2.75) is 0 Å². The third kappa shape index (κ3) is 9.27. The molecular weight excluding hydrogens is 376 g/mol. The fraction of sp³-hybridized carbons (Fsp3) is 0. The summed E-state index contributed by atoms with van der Waals surface area (Å²) in [5, 5.41) is 19.9. The Labute approximate surface area is 132 Å². The maximum absolute atomic E-state index is 9.94. The molecule has 10 nitrogen and oxygen atoms in total. The first kappa shape index (κ1) is 23.8. The molecule has 21 heavy (non-hydrogen) atoms. The van der Waals surface area contributed by atoms with E-state index >= 15 is 0 Å². The number of carbonyl (C=O) groups is 2. The topological polar surface area (TPSA) is 174 Å². The Hall–Kier alpha value is -2.29. The molecular formula is C10H6MoO10. The number of carboxylic acids is 2. The molecule has 0 unspecified atom stereocenters. The Morgan fingerprint density at radius 2 is 1.14 bits per heavy atom. The number of allylic oxidation sites excluding steroid dienone is 4. The first-order valence-electron chi connectivity index (χ1n) is 4.44. The zero-order valence-corrected chi connectivity index (χ0v) is 12.0. The fourth-order valence-electron chi connectivity index (χ4n) is 0.736. The van der Waals surface area contributed by atoms with Crippen LogP contribution in [0, 0.1) is 0 Å². The van der Waals surface area contributed by atoms with Crippen LogP contribution in [0.3, 0.4) is 0 Å². The predicted octanol–water partition coefficient (Wildman–Crippen LogP) is -2.05. The molecule has 112 valence electrons. The SMILES string of the molecule is O=C([O-])C1=CC=COO1.O=C([O-])C1=CC=COO1.[Mo+6].[O-2].[O-2]. The second-order valence-corrected chi connectivity index (χ2v) is 2.65. The van der Waals surface area contributed by atoms with Crippen LogP contribution in [0.25, 0.3) is 0 Å². The number of aliphatic carboxylic acids is 2. The molecule has 0 amide bonds. The zero-order valence-electron chi connectivity index (χ0n) is 9.95. The van der Waals surface area contributed by atoms with Crippen LogP contribution in [0.5, 0.6) is 0 Å². The van der Waals surface area contributed by atoms with Gasteiger partial charge in [0.1, 0.15) is 24.5 Å². The van der Waals surface area contributed by atoms with Crippen molar-refractivity contribution in [1.82, 2.24) is 0 Å². The van der Waals surface area contributed by atoms with Crippen LogP contribution in [-0.4, -0.2) is 11.9 Å². The van der Waals surface area contributed by atoms with Gasteiger partial charge < -0.3 is 30.8 Å². The van der Waals surface area contributed by atoms with Gasteiger partial charge in [0.2, 0.25) is 11.5 Å². The molecule has 0 aliphatic carbocycles. The van der Waals surface area contributed by atoms with Crippen molar-refractivity contribution < 1.29 is 71.4 Å². The summed E-state index contributed by atoms with van der Waals surface area (Å²) in [5.41, 5.74) is 0. The van der Waals surface area contributed by atoms with Gasteiger partial charge in [-0.3, -0.25) is 19.6 Å². The third-order valence-electron chi connectivity index (χ3n) is 1.44. The molecule has 0 N–H and O–H groups in total. The molecule has 0 fully saturated rings. The van der Waals surface area contributed by atoms with E-state index in [2.05, 4.69) is 19.6 Å². The third-order valence-corrected chi connectivity index (χ3v) is 1.44. The molecule has 2 aliphatic heterocycles. The minimum Gasteiger partial charge on any atom is -2.00 e. The maximum atomic E-state index is 9.94. The van der Waals surface area contributed by atoms with Crippen LogP contribution in [0.2, 0.25) is 0 Å². The molecule has 0 saturated carbocycles. The second kappa shape index (κ2) is 12.7. The largest absolute Gasteiger partial charge is 6.00 e. The molecule has 0 radical (unpaired) electrons. The molecule has 2 rings (SSSR count). The van der Waals surface area contributed by atoms with Crippen LogP contribution in [0.15, 0.2) is 48.3 Å². The smallest absolute Gasteiger partial charge is 2.00 e. The Morgan fingerprint density at radius 3 is 1.29 bits per heavy atom. The van der Waals surface area contributed by atoms with E-state index in [1.54, 1.807) is 0 Å². The molecule has 2 aliphatic rings. The maximum Gasteiger partial charge on any atom is 6.00 e. The van der Waals surface area contributed by atoms with Crippen molar-refractivity contribution in [3.05, 3.63) is 48.3 Å².